The van der Waals surface area contributed by atoms with E-state index in [2.05, 4.69) is 17.6 Å². The quantitative estimate of drug-likeness (QED) is 0.598. The summed E-state index contributed by atoms with van der Waals surface area (Å²) in [6, 6.07) is 0. The SMILES string of the molecule is CCCCC(C)(C)NC(=O)CNC=O. The molecule has 2 amide bonds. The molecule has 0 saturated carbocycles. The molecule has 14 heavy (non-hydrogen) atoms. The van der Waals surface area contributed by atoms with Gasteiger partial charge in [-0.3, -0.25) is 9.59 Å². The lowest BCUT2D eigenvalue weighted by atomic mass is 9.97. The van der Waals surface area contributed by atoms with Crippen molar-refractivity contribution < 1.29 is 9.59 Å². The number of hydrogen-bond donors (Lipinski definition) is 2. The average molecular weight is 200 g/mol. The summed E-state index contributed by atoms with van der Waals surface area (Å²) >= 11 is 0. The monoisotopic (exact) mass is 200 g/mol. The molecule has 0 aliphatic rings. The molecule has 0 heterocycles. The summed E-state index contributed by atoms with van der Waals surface area (Å²) < 4.78 is 0. The Hall–Kier alpha value is -1.06. The van der Waals surface area contributed by atoms with Crippen LogP contribution in [0.2, 0.25) is 0 Å². The molecule has 82 valence electrons. The molecule has 0 rings (SSSR count). The molecule has 0 atom stereocenters. The van der Waals surface area contributed by atoms with E-state index in [0.717, 1.165) is 19.3 Å². The number of unbranched alkanes of at least 4 members (excludes halogenated alkanes) is 1. The second-order valence-corrected chi connectivity index (χ2v) is 4.03. The third-order valence-electron chi connectivity index (χ3n) is 1.98. The van der Waals surface area contributed by atoms with E-state index in [4.69, 9.17) is 0 Å². The van der Waals surface area contributed by atoms with E-state index in [0.29, 0.717) is 6.41 Å². The summed E-state index contributed by atoms with van der Waals surface area (Å²) in [5.41, 5.74) is -0.183. The summed E-state index contributed by atoms with van der Waals surface area (Å²) in [5.74, 6) is -0.141. The van der Waals surface area contributed by atoms with Gasteiger partial charge in [0, 0.05) is 5.54 Å². The van der Waals surface area contributed by atoms with E-state index in [1.165, 1.54) is 0 Å². The molecular weight excluding hydrogens is 180 g/mol. The van der Waals surface area contributed by atoms with Gasteiger partial charge in [-0.25, -0.2) is 0 Å². The van der Waals surface area contributed by atoms with Crippen LogP contribution in [0.25, 0.3) is 0 Å². The minimum atomic E-state index is -0.183. The molecule has 0 unspecified atom stereocenters. The maximum atomic E-state index is 11.2. The summed E-state index contributed by atoms with van der Waals surface area (Å²) in [4.78, 5) is 21.2. The maximum Gasteiger partial charge on any atom is 0.239 e. The molecule has 0 radical (unpaired) electrons. The zero-order valence-corrected chi connectivity index (χ0v) is 9.22. The van der Waals surface area contributed by atoms with Gasteiger partial charge in [-0.05, 0) is 20.3 Å². The van der Waals surface area contributed by atoms with Crippen molar-refractivity contribution >= 4 is 12.3 Å². The van der Waals surface area contributed by atoms with Crippen molar-refractivity contribution in [1.29, 1.82) is 0 Å². The number of nitrogens with one attached hydrogen (secondary N) is 2. The molecule has 0 spiro atoms. The van der Waals surface area contributed by atoms with Crippen LogP contribution in [0.4, 0.5) is 0 Å². The van der Waals surface area contributed by atoms with Gasteiger partial charge in [0.05, 0.1) is 6.54 Å². The smallest absolute Gasteiger partial charge is 0.239 e. The van der Waals surface area contributed by atoms with Crippen LogP contribution in [0.15, 0.2) is 0 Å². The van der Waals surface area contributed by atoms with Crippen LogP contribution in [-0.4, -0.2) is 24.4 Å². The van der Waals surface area contributed by atoms with Crippen LogP contribution in [0.3, 0.4) is 0 Å². The number of amides is 2. The highest BCUT2D eigenvalue weighted by molar-refractivity contribution is 5.80. The largest absolute Gasteiger partial charge is 0.350 e. The van der Waals surface area contributed by atoms with Crippen molar-refractivity contribution in [2.75, 3.05) is 6.54 Å². The van der Waals surface area contributed by atoms with Gasteiger partial charge in [0.1, 0.15) is 0 Å². The number of hydrogen-bond acceptors (Lipinski definition) is 2. The maximum absolute atomic E-state index is 11.2. The highest BCUT2D eigenvalue weighted by Gasteiger charge is 2.18. The number of carbonyl (C=O) groups is 2. The van der Waals surface area contributed by atoms with Gasteiger partial charge in [0.25, 0.3) is 0 Å². The highest BCUT2D eigenvalue weighted by atomic mass is 16.2. The van der Waals surface area contributed by atoms with Crippen molar-refractivity contribution in [3.8, 4) is 0 Å². The van der Waals surface area contributed by atoms with E-state index in [1.807, 2.05) is 13.8 Å². The Morgan fingerprint density at radius 3 is 2.57 bits per heavy atom. The lowest BCUT2D eigenvalue weighted by Crippen LogP contribution is -2.46. The molecule has 4 heteroatoms. The zero-order chi connectivity index (χ0) is 11.0. The third kappa shape index (κ3) is 6.46. The van der Waals surface area contributed by atoms with Crippen LogP contribution < -0.4 is 10.6 Å². The molecule has 4 nitrogen and oxygen atoms in total. The fourth-order valence-corrected chi connectivity index (χ4v) is 1.24. The van der Waals surface area contributed by atoms with E-state index >= 15 is 0 Å². The molecule has 0 aromatic carbocycles. The Kier molecular flexibility index (Phi) is 5.92. The predicted molar refractivity (Wildman–Crippen MR) is 55.8 cm³/mol. The molecule has 0 aromatic rings. The summed E-state index contributed by atoms with van der Waals surface area (Å²) in [7, 11) is 0. The summed E-state index contributed by atoms with van der Waals surface area (Å²) in [6.07, 6.45) is 3.69. The van der Waals surface area contributed by atoms with Crippen molar-refractivity contribution in [2.45, 2.75) is 45.6 Å². The first-order valence-electron chi connectivity index (χ1n) is 5.00. The standard InChI is InChI=1S/C10H20N2O2/c1-4-5-6-10(2,3)12-9(14)7-11-8-13/h8H,4-7H2,1-3H3,(H,11,13)(H,12,14). The fourth-order valence-electron chi connectivity index (χ4n) is 1.24. The molecule has 0 aliphatic heterocycles. The lowest BCUT2D eigenvalue weighted by Gasteiger charge is -2.26. The summed E-state index contributed by atoms with van der Waals surface area (Å²) in [5, 5.41) is 5.20. The minimum Gasteiger partial charge on any atom is -0.350 e. The fraction of sp³-hybridized carbons (Fsp3) is 0.800. The Bertz CT molecular complexity index is 191. The second kappa shape index (κ2) is 6.40. The van der Waals surface area contributed by atoms with Gasteiger partial charge in [0.2, 0.25) is 12.3 Å². The van der Waals surface area contributed by atoms with Crippen LogP contribution in [-0.2, 0) is 9.59 Å². The Balaban J connectivity index is 3.82. The van der Waals surface area contributed by atoms with Crippen LogP contribution in [0.5, 0.6) is 0 Å². The summed E-state index contributed by atoms with van der Waals surface area (Å²) in [6.45, 7) is 6.15. The Labute approximate surface area is 85.4 Å². The molecule has 2 N–H and O–H groups in total. The van der Waals surface area contributed by atoms with Gasteiger partial charge >= 0.3 is 0 Å². The van der Waals surface area contributed by atoms with E-state index < -0.39 is 0 Å². The molecular formula is C10H20N2O2. The van der Waals surface area contributed by atoms with E-state index in [-0.39, 0.29) is 18.0 Å². The molecule has 0 bridgehead atoms. The molecule has 0 aliphatic carbocycles. The van der Waals surface area contributed by atoms with Crippen LogP contribution in [0, 0.1) is 0 Å². The van der Waals surface area contributed by atoms with Crippen LogP contribution >= 0.6 is 0 Å². The lowest BCUT2D eigenvalue weighted by molar-refractivity contribution is -0.123. The third-order valence-corrected chi connectivity index (χ3v) is 1.98. The zero-order valence-electron chi connectivity index (χ0n) is 9.22. The van der Waals surface area contributed by atoms with Gasteiger partial charge < -0.3 is 10.6 Å². The predicted octanol–water partition coefficient (Wildman–Crippen LogP) is 0.817. The van der Waals surface area contributed by atoms with Crippen molar-refractivity contribution in [1.82, 2.24) is 10.6 Å². The first kappa shape index (κ1) is 12.9. The van der Waals surface area contributed by atoms with Gasteiger partial charge in [-0.2, -0.15) is 0 Å². The van der Waals surface area contributed by atoms with Gasteiger partial charge in [0.15, 0.2) is 0 Å². The molecule has 0 saturated heterocycles. The van der Waals surface area contributed by atoms with E-state index in [1.54, 1.807) is 0 Å². The normalized spacial score (nSPS) is 10.8. The topological polar surface area (TPSA) is 58.2 Å². The highest BCUT2D eigenvalue weighted by Crippen LogP contribution is 2.12. The Morgan fingerprint density at radius 2 is 2.07 bits per heavy atom. The van der Waals surface area contributed by atoms with Crippen molar-refractivity contribution in [3.63, 3.8) is 0 Å². The molecule has 0 fully saturated rings. The van der Waals surface area contributed by atoms with Crippen LogP contribution in [0.1, 0.15) is 40.0 Å². The van der Waals surface area contributed by atoms with E-state index in [9.17, 15) is 9.59 Å². The first-order valence-corrected chi connectivity index (χ1v) is 5.00. The number of rotatable bonds is 7. The second-order valence-electron chi connectivity index (χ2n) is 4.03. The number of carbonyl (C=O) groups excluding carboxylic acids is 2. The van der Waals surface area contributed by atoms with Gasteiger partial charge in [-0.1, -0.05) is 19.8 Å². The van der Waals surface area contributed by atoms with Crippen molar-refractivity contribution in [3.05, 3.63) is 0 Å². The first-order chi connectivity index (χ1) is 6.52. The van der Waals surface area contributed by atoms with Crippen molar-refractivity contribution in [2.24, 2.45) is 0 Å². The average Bonchev–Trinajstić information content (AvgIpc) is 2.11. The van der Waals surface area contributed by atoms with Gasteiger partial charge in [-0.15, -0.1) is 0 Å². The minimum absolute atomic E-state index is 0.0546. The Morgan fingerprint density at radius 1 is 1.43 bits per heavy atom. The molecule has 0 aromatic heterocycles.